The zero-order valence-corrected chi connectivity index (χ0v) is 37.4. The summed E-state index contributed by atoms with van der Waals surface area (Å²) in [7, 11) is -6.54. The number of sulfone groups is 2. The molecule has 2 heterocycles. The van der Waals surface area contributed by atoms with Crippen molar-refractivity contribution in [2.24, 2.45) is 21.5 Å². The van der Waals surface area contributed by atoms with E-state index in [0.717, 1.165) is 16.9 Å². The lowest BCUT2D eigenvalue weighted by atomic mass is 9.98. The number of benzene rings is 4. The highest BCUT2D eigenvalue weighted by molar-refractivity contribution is 7.94. The second-order valence-electron chi connectivity index (χ2n) is 14.7. The van der Waals surface area contributed by atoms with Gasteiger partial charge in [0.05, 0.1) is 30.1 Å². The number of hydroxylamine groups is 2. The van der Waals surface area contributed by atoms with Gasteiger partial charge in [-0.3, -0.25) is 30.0 Å². The monoisotopic (exact) mass is 938 g/mol. The molecule has 0 radical (unpaired) electrons. The first-order valence-electron chi connectivity index (χ1n) is 20.5. The molecular weight excluding hydrogens is 885 g/mol. The Bertz CT molecular complexity index is 2460. The molecule has 350 valence electrons. The second-order valence-corrected chi connectivity index (χ2v) is 19.2. The highest BCUT2D eigenvalue weighted by atomic mass is 32.2. The van der Waals surface area contributed by atoms with E-state index in [9.17, 15) is 26.4 Å². The predicted molar refractivity (Wildman–Crippen MR) is 239 cm³/mol. The Morgan fingerprint density at radius 1 is 0.600 bits per heavy atom. The minimum atomic E-state index is -4.07. The van der Waals surface area contributed by atoms with Crippen LogP contribution in [0.1, 0.15) is 43.2 Å². The number of amides is 2. The lowest BCUT2D eigenvalue weighted by Crippen LogP contribution is -2.54. The summed E-state index contributed by atoms with van der Waals surface area (Å²) in [5.41, 5.74) is 16.6. The molecular formula is C44H54N6O13S2. The molecule has 0 saturated carbocycles. The number of ether oxygens (including phenoxy) is 5. The molecule has 2 aliphatic heterocycles. The summed E-state index contributed by atoms with van der Waals surface area (Å²) in [6, 6.07) is 28.3. The fourth-order valence-electron chi connectivity index (χ4n) is 7.06. The van der Waals surface area contributed by atoms with Crippen molar-refractivity contribution in [2.75, 3.05) is 59.8 Å². The number of amidine groups is 2. The maximum atomic E-state index is 13.2. The number of nitrogens with one attached hydrogen (secondary N) is 2. The number of nitrogens with two attached hydrogens (primary N) is 2. The van der Waals surface area contributed by atoms with Gasteiger partial charge in [0.15, 0.2) is 29.2 Å². The molecule has 0 aliphatic carbocycles. The van der Waals surface area contributed by atoms with E-state index in [0.29, 0.717) is 49.3 Å². The highest BCUT2D eigenvalue weighted by Crippen LogP contribution is 2.37. The third kappa shape index (κ3) is 12.0. The number of rotatable bonds is 18. The summed E-state index contributed by atoms with van der Waals surface area (Å²) in [5, 5.41) is 18.2. The smallest absolute Gasteiger partial charge is 0.265 e. The lowest BCUT2D eigenvalue weighted by molar-refractivity contribution is -0.135. The SMILES string of the molecule is COc1ccc(C(N)=NCCCOc2ccc(S(=O)(=O)C3(C(=O)NO)CCOCC3)cc2)cc1.NC(=NCCOc1ccc(S(=O)(=O)C2(C(=O)NO)CCOCC2)cc1)c1ccccc1. The molecule has 8 N–H and O–H groups in total. The Morgan fingerprint density at radius 2 is 1.00 bits per heavy atom. The molecule has 0 unspecified atom stereocenters. The number of methoxy groups -OCH3 is 1. The predicted octanol–water partition coefficient (Wildman–Crippen LogP) is 3.00. The summed E-state index contributed by atoms with van der Waals surface area (Å²) >= 11 is 0. The van der Waals surface area contributed by atoms with Crippen LogP contribution in [-0.2, 0) is 38.7 Å². The Kier molecular flexibility index (Phi) is 17.8. The van der Waals surface area contributed by atoms with Gasteiger partial charge in [-0.2, -0.15) is 0 Å². The van der Waals surface area contributed by atoms with Gasteiger partial charge in [-0.1, -0.05) is 30.3 Å². The normalized spacial score (nSPS) is 16.2. The van der Waals surface area contributed by atoms with Crippen LogP contribution in [0.3, 0.4) is 0 Å². The minimum absolute atomic E-state index is 0.0257. The van der Waals surface area contributed by atoms with Crippen molar-refractivity contribution in [3.63, 3.8) is 0 Å². The molecule has 0 atom stereocenters. The van der Waals surface area contributed by atoms with E-state index in [-0.39, 0.29) is 68.5 Å². The third-order valence-electron chi connectivity index (χ3n) is 10.9. The molecule has 0 spiro atoms. The van der Waals surface area contributed by atoms with Gasteiger partial charge in [0.2, 0.25) is 0 Å². The molecule has 21 heteroatoms. The van der Waals surface area contributed by atoms with E-state index >= 15 is 0 Å². The summed E-state index contributed by atoms with van der Waals surface area (Å²) in [6.07, 6.45) is 0.443. The maximum Gasteiger partial charge on any atom is 0.265 e. The first kappa shape index (κ1) is 49.9. The molecule has 4 aromatic carbocycles. The van der Waals surface area contributed by atoms with E-state index in [2.05, 4.69) is 9.98 Å². The van der Waals surface area contributed by atoms with Crippen LogP contribution >= 0.6 is 0 Å². The van der Waals surface area contributed by atoms with E-state index in [1.807, 2.05) is 54.6 Å². The standard InChI is InChI=1S/C23H29N3O7S.C21H25N3O6S/c1-31-18-5-3-17(4-6-18)21(24)25-13-2-14-33-19-7-9-20(10-8-19)34(29,30)23(22(27)26-28)11-15-32-16-12-23;22-19(16-4-2-1-3-5-16)23-12-15-30-17-6-8-18(9-7-17)31(27,28)21(20(25)24-26)10-13-29-14-11-21/h3-10,28H,2,11-16H2,1H3,(H2,24,25)(H,26,27);1-9,26H,10-15H2,(H2,22,23)(H,24,25). The molecule has 2 fully saturated rings. The van der Waals surface area contributed by atoms with Crippen LogP contribution in [-0.4, -0.2) is 120 Å². The van der Waals surface area contributed by atoms with Crippen molar-refractivity contribution in [1.82, 2.24) is 11.0 Å². The van der Waals surface area contributed by atoms with Gasteiger partial charge in [-0.15, -0.1) is 0 Å². The maximum absolute atomic E-state index is 13.2. The van der Waals surface area contributed by atoms with Gasteiger partial charge in [0, 0.05) is 50.5 Å². The molecule has 2 aliphatic rings. The van der Waals surface area contributed by atoms with E-state index in [4.69, 9.17) is 45.6 Å². The van der Waals surface area contributed by atoms with Gasteiger partial charge in [-0.25, -0.2) is 27.8 Å². The van der Waals surface area contributed by atoms with Crippen LogP contribution in [0.25, 0.3) is 0 Å². The van der Waals surface area contributed by atoms with Crippen molar-refractivity contribution < 1.29 is 60.5 Å². The molecule has 0 aromatic heterocycles. The van der Waals surface area contributed by atoms with Crippen LogP contribution in [0.2, 0.25) is 0 Å². The van der Waals surface area contributed by atoms with Gasteiger partial charge in [0.25, 0.3) is 11.8 Å². The summed E-state index contributed by atoms with van der Waals surface area (Å²) < 4.78 is 76.1. The zero-order chi connectivity index (χ0) is 46.9. The minimum Gasteiger partial charge on any atom is -0.497 e. The molecule has 2 amide bonds. The van der Waals surface area contributed by atoms with Crippen LogP contribution in [0.5, 0.6) is 17.2 Å². The van der Waals surface area contributed by atoms with Crippen molar-refractivity contribution in [1.29, 1.82) is 0 Å². The van der Waals surface area contributed by atoms with Crippen molar-refractivity contribution in [2.45, 2.75) is 51.4 Å². The summed E-state index contributed by atoms with van der Waals surface area (Å²) in [5.74, 6) is 0.610. The average molecular weight is 939 g/mol. The fraction of sp³-hybridized carbons (Fsp3) is 0.364. The highest BCUT2D eigenvalue weighted by Gasteiger charge is 2.53. The van der Waals surface area contributed by atoms with Gasteiger partial charge < -0.3 is 35.2 Å². The van der Waals surface area contributed by atoms with Gasteiger partial charge in [-0.05, 0) is 98.5 Å². The van der Waals surface area contributed by atoms with E-state index in [1.54, 1.807) is 7.11 Å². The van der Waals surface area contributed by atoms with Gasteiger partial charge in [0.1, 0.15) is 35.5 Å². The largest absolute Gasteiger partial charge is 0.497 e. The van der Waals surface area contributed by atoms with Crippen molar-refractivity contribution >= 4 is 43.2 Å². The Hall–Kier alpha value is -6.10. The number of carbonyl (C=O) groups is 2. The topological polar surface area (TPSA) is 290 Å². The number of hydrogen-bond acceptors (Lipinski definition) is 15. The van der Waals surface area contributed by atoms with Crippen LogP contribution < -0.4 is 36.6 Å². The Labute approximate surface area is 377 Å². The molecule has 4 aromatic rings. The van der Waals surface area contributed by atoms with E-state index in [1.165, 1.54) is 59.5 Å². The number of nitrogens with zero attached hydrogens (tertiary/aromatic N) is 2. The summed E-state index contributed by atoms with van der Waals surface area (Å²) in [6.45, 7) is 1.86. The Balaban J connectivity index is 0.000000245. The fourth-order valence-corrected chi connectivity index (χ4v) is 10.9. The second kappa shape index (κ2) is 23.2. The van der Waals surface area contributed by atoms with E-state index < -0.39 is 41.0 Å². The zero-order valence-electron chi connectivity index (χ0n) is 35.8. The molecule has 0 bridgehead atoms. The third-order valence-corrected chi connectivity index (χ3v) is 15.9. The molecule has 19 nitrogen and oxygen atoms in total. The molecule has 6 rings (SSSR count). The summed E-state index contributed by atoms with van der Waals surface area (Å²) in [4.78, 5) is 33.1. The number of aliphatic imine (C=N–C) groups is 2. The lowest BCUT2D eigenvalue weighted by Gasteiger charge is -2.34. The average Bonchev–Trinajstić information content (AvgIpc) is 3.35. The van der Waals surface area contributed by atoms with Crippen LogP contribution in [0.15, 0.2) is 123 Å². The first-order chi connectivity index (χ1) is 31.2. The van der Waals surface area contributed by atoms with Crippen LogP contribution in [0.4, 0.5) is 0 Å². The van der Waals surface area contributed by atoms with Crippen LogP contribution in [0, 0.1) is 0 Å². The Morgan fingerprint density at radius 3 is 1.43 bits per heavy atom. The number of carbonyl (C=O) groups excluding carboxylic acids is 2. The quantitative estimate of drug-likeness (QED) is 0.0275. The number of hydrogen-bond donors (Lipinski definition) is 6. The van der Waals surface area contributed by atoms with Crippen molar-refractivity contribution in [3.8, 4) is 17.2 Å². The molecule has 65 heavy (non-hydrogen) atoms. The van der Waals surface area contributed by atoms with Crippen molar-refractivity contribution in [3.05, 3.63) is 114 Å². The van der Waals surface area contributed by atoms with Gasteiger partial charge >= 0.3 is 0 Å². The molecule has 2 saturated heterocycles. The first-order valence-corrected chi connectivity index (χ1v) is 23.5.